The summed E-state index contributed by atoms with van der Waals surface area (Å²) < 4.78 is 4.63. The molecule has 0 unspecified atom stereocenters. The van der Waals surface area contributed by atoms with Gasteiger partial charge in [-0.2, -0.15) is 0 Å². The molecule has 1 rings (SSSR count). The maximum Gasteiger partial charge on any atom is 0.313 e. The van der Waals surface area contributed by atoms with E-state index in [9.17, 15) is 19.7 Å². The van der Waals surface area contributed by atoms with Gasteiger partial charge in [-0.1, -0.05) is 6.07 Å². The highest BCUT2D eigenvalue weighted by molar-refractivity contribution is 6.08. The first kappa shape index (κ1) is 13.8. The fourth-order valence-corrected chi connectivity index (χ4v) is 1.47. The number of benzene rings is 1. The van der Waals surface area contributed by atoms with E-state index in [-0.39, 0.29) is 17.9 Å². The lowest BCUT2D eigenvalue weighted by molar-refractivity contribution is -0.385. The van der Waals surface area contributed by atoms with Crippen LogP contribution in [0.2, 0.25) is 0 Å². The molecule has 0 atom stereocenters. The van der Waals surface area contributed by atoms with Gasteiger partial charge in [-0.15, -0.1) is 0 Å². The van der Waals surface area contributed by atoms with Crippen LogP contribution < -0.4 is 0 Å². The number of nitro benzene ring substituents is 1. The summed E-state index contributed by atoms with van der Waals surface area (Å²) in [5.41, 5.74) is 0.357. The van der Waals surface area contributed by atoms with Crippen LogP contribution in [0.15, 0.2) is 18.2 Å². The molecule has 0 aromatic heterocycles. The summed E-state index contributed by atoms with van der Waals surface area (Å²) in [7, 11) is 0. The van der Waals surface area contributed by atoms with Crippen molar-refractivity contribution in [3.63, 3.8) is 0 Å². The molecular weight excluding hydrogens is 238 g/mol. The second-order valence-corrected chi connectivity index (χ2v) is 3.68. The van der Waals surface area contributed by atoms with E-state index in [1.54, 1.807) is 19.9 Å². The summed E-state index contributed by atoms with van der Waals surface area (Å²) in [6.45, 7) is 3.50. The molecule has 1 aromatic carbocycles. The lowest BCUT2D eigenvalue weighted by atomic mass is 10.0. The van der Waals surface area contributed by atoms with Crippen LogP contribution in [-0.4, -0.2) is 23.3 Å². The van der Waals surface area contributed by atoms with Crippen LogP contribution in [0.4, 0.5) is 5.69 Å². The number of Topliss-reactive ketones (excluding diaryl/α,β-unsaturated/α-hetero) is 1. The number of ether oxygens (including phenoxy) is 1. The predicted molar refractivity (Wildman–Crippen MR) is 63.4 cm³/mol. The van der Waals surface area contributed by atoms with Crippen molar-refractivity contribution in [3.8, 4) is 0 Å². The fourth-order valence-electron chi connectivity index (χ4n) is 1.47. The molecule has 0 aliphatic heterocycles. The molecule has 0 amide bonds. The minimum Gasteiger partial charge on any atom is -0.466 e. The van der Waals surface area contributed by atoms with Crippen LogP contribution in [0.1, 0.15) is 29.3 Å². The number of nitrogens with zero attached hydrogens (tertiary/aromatic N) is 1. The lowest BCUT2D eigenvalue weighted by Gasteiger charge is -2.04. The van der Waals surface area contributed by atoms with Crippen LogP contribution in [0.5, 0.6) is 0 Å². The van der Waals surface area contributed by atoms with Gasteiger partial charge in [0.1, 0.15) is 6.42 Å². The van der Waals surface area contributed by atoms with E-state index in [1.807, 2.05) is 0 Å². The van der Waals surface area contributed by atoms with Gasteiger partial charge in [-0.25, -0.2) is 0 Å². The van der Waals surface area contributed by atoms with Crippen molar-refractivity contribution in [3.05, 3.63) is 39.4 Å². The molecule has 0 saturated carbocycles. The summed E-state index contributed by atoms with van der Waals surface area (Å²) in [5, 5.41) is 10.8. The molecule has 18 heavy (non-hydrogen) atoms. The van der Waals surface area contributed by atoms with Crippen LogP contribution in [0.25, 0.3) is 0 Å². The number of esters is 1. The Morgan fingerprint density at radius 2 is 2.06 bits per heavy atom. The summed E-state index contributed by atoms with van der Waals surface area (Å²) in [4.78, 5) is 33.1. The largest absolute Gasteiger partial charge is 0.466 e. The Labute approximate surface area is 104 Å². The molecule has 6 heteroatoms. The smallest absolute Gasteiger partial charge is 0.313 e. The lowest BCUT2D eigenvalue weighted by Crippen LogP contribution is -2.13. The number of carbonyl (C=O) groups excluding carboxylic acids is 2. The molecule has 0 saturated heterocycles. The van der Waals surface area contributed by atoms with Crippen molar-refractivity contribution in [2.24, 2.45) is 0 Å². The molecule has 0 radical (unpaired) electrons. The molecule has 0 aliphatic rings. The average molecular weight is 251 g/mol. The fraction of sp³-hybridized carbons (Fsp3) is 0.333. The average Bonchev–Trinajstić information content (AvgIpc) is 2.28. The van der Waals surface area contributed by atoms with Gasteiger partial charge in [-0.05, 0) is 25.5 Å². The number of hydrogen-bond donors (Lipinski definition) is 0. The van der Waals surface area contributed by atoms with E-state index in [4.69, 9.17) is 0 Å². The normalized spacial score (nSPS) is 9.89. The maximum atomic E-state index is 11.8. The van der Waals surface area contributed by atoms with Gasteiger partial charge >= 0.3 is 5.97 Å². The minimum absolute atomic E-state index is 0.0620. The zero-order valence-electron chi connectivity index (χ0n) is 10.1. The van der Waals surface area contributed by atoms with Gasteiger partial charge in [0.2, 0.25) is 0 Å². The zero-order chi connectivity index (χ0) is 13.7. The van der Waals surface area contributed by atoms with Crippen molar-refractivity contribution in [2.75, 3.05) is 6.61 Å². The number of rotatable bonds is 5. The predicted octanol–water partition coefficient (Wildman–Crippen LogP) is 2.04. The molecule has 1 aromatic rings. The minimum atomic E-state index is -0.682. The molecular formula is C12H13NO5. The third-order valence-electron chi connectivity index (χ3n) is 2.26. The molecule has 6 nitrogen and oxygen atoms in total. The van der Waals surface area contributed by atoms with Crippen LogP contribution >= 0.6 is 0 Å². The van der Waals surface area contributed by atoms with E-state index >= 15 is 0 Å². The Kier molecular flexibility index (Phi) is 4.53. The number of ketones is 1. The van der Waals surface area contributed by atoms with Crippen molar-refractivity contribution >= 4 is 17.4 Å². The van der Waals surface area contributed by atoms with Gasteiger partial charge in [0, 0.05) is 6.07 Å². The third-order valence-corrected chi connectivity index (χ3v) is 2.26. The van der Waals surface area contributed by atoms with Crippen LogP contribution in [0, 0.1) is 17.0 Å². The van der Waals surface area contributed by atoms with Crippen molar-refractivity contribution in [1.29, 1.82) is 0 Å². The molecule has 0 spiro atoms. The summed E-state index contributed by atoms with van der Waals surface area (Å²) >= 11 is 0. The Bertz CT molecular complexity index is 495. The number of carbonyl (C=O) groups is 2. The SMILES string of the molecule is CCOC(=O)CC(=O)c1cc(C)ccc1[N+](=O)[O-]. The van der Waals surface area contributed by atoms with Crippen molar-refractivity contribution in [2.45, 2.75) is 20.3 Å². The van der Waals surface area contributed by atoms with Gasteiger partial charge in [0.05, 0.1) is 17.1 Å². The van der Waals surface area contributed by atoms with Gasteiger partial charge in [0.25, 0.3) is 5.69 Å². The van der Waals surface area contributed by atoms with Gasteiger partial charge in [-0.3, -0.25) is 19.7 Å². The van der Waals surface area contributed by atoms with Gasteiger partial charge < -0.3 is 4.74 Å². The van der Waals surface area contributed by atoms with E-state index in [0.717, 1.165) is 0 Å². The number of nitro groups is 1. The quantitative estimate of drug-likeness (QED) is 0.263. The summed E-state index contributed by atoms with van der Waals surface area (Å²) in [6, 6.07) is 4.20. The van der Waals surface area contributed by atoms with Gasteiger partial charge in [0.15, 0.2) is 5.78 Å². The highest BCUT2D eigenvalue weighted by Gasteiger charge is 2.22. The summed E-state index contributed by atoms with van der Waals surface area (Å²) in [5.74, 6) is -1.29. The number of hydrogen-bond acceptors (Lipinski definition) is 5. The van der Waals surface area contributed by atoms with E-state index in [1.165, 1.54) is 12.1 Å². The van der Waals surface area contributed by atoms with E-state index < -0.39 is 23.1 Å². The number of aryl methyl sites for hydroxylation is 1. The first-order chi connectivity index (χ1) is 8.45. The Hall–Kier alpha value is -2.24. The van der Waals surface area contributed by atoms with Crippen LogP contribution in [0.3, 0.4) is 0 Å². The molecule has 0 aliphatic carbocycles. The van der Waals surface area contributed by atoms with Crippen molar-refractivity contribution < 1.29 is 19.2 Å². The summed E-state index contributed by atoms with van der Waals surface area (Å²) in [6.07, 6.45) is -0.488. The first-order valence-electron chi connectivity index (χ1n) is 5.39. The highest BCUT2D eigenvalue weighted by atomic mass is 16.6. The highest BCUT2D eigenvalue weighted by Crippen LogP contribution is 2.21. The standard InChI is InChI=1S/C12H13NO5/c1-3-18-12(15)7-11(14)9-6-8(2)4-5-10(9)13(16)17/h4-6H,3,7H2,1-2H3. The Morgan fingerprint density at radius 1 is 1.39 bits per heavy atom. The molecule has 0 fully saturated rings. The molecule has 0 heterocycles. The molecule has 0 N–H and O–H groups in total. The topological polar surface area (TPSA) is 86.5 Å². The maximum absolute atomic E-state index is 11.8. The monoisotopic (exact) mass is 251 g/mol. The Morgan fingerprint density at radius 3 is 2.61 bits per heavy atom. The van der Waals surface area contributed by atoms with E-state index in [0.29, 0.717) is 5.56 Å². The Balaban J connectivity index is 3.00. The zero-order valence-corrected chi connectivity index (χ0v) is 10.1. The first-order valence-corrected chi connectivity index (χ1v) is 5.39. The second-order valence-electron chi connectivity index (χ2n) is 3.68. The third kappa shape index (κ3) is 3.38. The van der Waals surface area contributed by atoms with E-state index in [2.05, 4.69) is 4.74 Å². The second kappa shape index (κ2) is 5.90. The van der Waals surface area contributed by atoms with Crippen molar-refractivity contribution in [1.82, 2.24) is 0 Å². The van der Waals surface area contributed by atoms with Crippen LogP contribution in [-0.2, 0) is 9.53 Å². The molecule has 0 bridgehead atoms. The molecule has 96 valence electrons.